The van der Waals surface area contributed by atoms with Crippen molar-refractivity contribution in [3.05, 3.63) is 107 Å². The Balaban J connectivity index is 1.86. The lowest BCUT2D eigenvalue weighted by Gasteiger charge is -2.37. The molecule has 2 nitrogen and oxygen atoms in total. The first kappa shape index (κ1) is 21.4. The number of nitrogens with zero attached hydrogens (tertiary/aromatic N) is 2. The van der Waals surface area contributed by atoms with E-state index >= 15 is 4.39 Å². The molecule has 2 aromatic carbocycles. The molecule has 0 saturated heterocycles. The van der Waals surface area contributed by atoms with Crippen molar-refractivity contribution in [2.75, 3.05) is 0 Å². The summed E-state index contributed by atoms with van der Waals surface area (Å²) in [4.78, 5) is 9.52. The van der Waals surface area contributed by atoms with Crippen LogP contribution in [0, 0.1) is 5.41 Å². The second-order valence-corrected chi connectivity index (χ2v) is 9.52. The Morgan fingerprint density at radius 2 is 1.16 bits per heavy atom. The van der Waals surface area contributed by atoms with Crippen LogP contribution in [0.4, 0.5) is 4.39 Å². The van der Waals surface area contributed by atoms with Crippen LogP contribution in [-0.2, 0) is 5.67 Å². The molecule has 0 spiro atoms. The van der Waals surface area contributed by atoms with Crippen LogP contribution in [0.5, 0.6) is 0 Å². The molecular weight excluding hydrogens is 451 g/mol. The van der Waals surface area contributed by atoms with E-state index in [1.165, 1.54) is 0 Å². The number of rotatable bonds is 4. The van der Waals surface area contributed by atoms with Crippen molar-refractivity contribution < 1.29 is 4.39 Å². The van der Waals surface area contributed by atoms with Crippen LogP contribution >= 0.6 is 15.9 Å². The summed E-state index contributed by atoms with van der Waals surface area (Å²) in [7, 11) is 0. The van der Waals surface area contributed by atoms with Gasteiger partial charge in [0, 0.05) is 21.0 Å². The molecule has 0 aliphatic carbocycles. The quantitative estimate of drug-likeness (QED) is 0.301. The van der Waals surface area contributed by atoms with Gasteiger partial charge in [-0.25, -0.2) is 14.4 Å². The molecule has 2 heterocycles. The van der Waals surface area contributed by atoms with Gasteiger partial charge in [-0.3, -0.25) is 0 Å². The first-order valence-corrected chi connectivity index (χ1v) is 11.0. The van der Waals surface area contributed by atoms with E-state index in [4.69, 9.17) is 9.97 Å². The lowest BCUT2D eigenvalue weighted by molar-refractivity contribution is 0.0598. The molecule has 2 aromatic heterocycles. The molecule has 0 fully saturated rings. The number of hydrogen-bond donors (Lipinski definition) is 0. The number of benzene rings is 2. The molecule has 0 amide bonds. The van der Waals surface area contributed by atoms with E-state index < -0.39 is 11.1 Å². The minimum absolute atomic E-state index is 0.357. The maximum atomic E-state index is 17.1. The standard InChI is InChI=1S/C27H24BrFN2/c1-26(2,3)27(29,24-16-8-14-22(30-24)19-10-5-4-6-11-19)25-17-9-15-23(31-25)20-12-7-13-21(28)18-20/h4-18H,1-3H3. The van der Waals surface area contributed by atoms with Gasteiger partial charge in [0.25, 0.3) is 0 Å². The summed E-state index contributed by atoms with van der Waals surface area (Å²) in [6, 6.07) is 28.8. The molecule has 0 aliphatic rings. The zero-order chi connectivity index (χ0) is 22.1. The van der Waals surface area contributed by atoms with Gasteiger partial charge in [-0.1, -0.05) is 91.3 Å². The third-order valence-electron chi connectivity index (χ3n) is 5.43. The zero-order valence-corrected chi connectivity index (χ0v) is 19.4. The molecule has 1 atom stereocenters. The summed E-state index contributed by atoms with van der Waals surface area (Å²) in [6.45, 7) is 5.66. The minimum atomic E-state index is -1.88. The van der Waals surface area contributed by atoms with Gasteiger partial charge < -0.3 is 0 Å². The van der Waals surface area contributed by atoms with Gasteiger partial charge in [-0.05, 0) is 36.4 Å². The fraction of sp³-hybridized carbons (Fsp3) is 0.185. The first-order chi connectivity index (χ1) is 14.8. The van der Waals surface area contributed by atoms with E-state index in [0.717, 1.165) is 27.0 Å². The third kappa shape index (κ3) is 4.17. The second kappa shape index (κ2) is 8.35. The molecule has 4 heteroatoms. The summed E-state index contributed by atoms with van der Waals surface area (Å²) in [6.07, 6.45) is 0. The van der Waals surface area contributed by atoms with E-state index in [1.54, 1.807) is 12.1 Å². The SMILES string of the molecule is CC(C)(C)C(F)(c1cccc(-c2ccccc2)n1)c1cccc(-c2cccc(Br)c2)n1. The highest BCUT2D eigenvalue weighted by atomic mass is 79.9. The summed E-state index contributed by atoms with van der Waals surface area (Å²) in [5.41, 5.74) is 1.43. The largest absolute Gasteiger partial charge is 0.249 e. The van der Waals surface area contributed by atoms with Crippen LogP contribution in [0.25, 0.3) is 22.5 Å². The molecule has 0 saturated carbocycles. The lowest BCUT2D eigenvalue weighted by Crippen LogP contribution is -2.38. The fourth-order valence-corrected chi connectivity index (χ4v) is 4.13. The van der Waals surface area contributed by atoms with Crippen molar-refractivity contribution in [3.8, 4) is 22.5 Å². The zero-order valence-electron chi connectivity index (χ0n) is 17.8. The van der Waals surface area contributed by atoms with Crippen LogP contribution in [-0.4, -0.2) is 9.97 Å². The minimum Gasteiger partial charge on any atom is -0.249 e. The van der Waals surface area contributed by atoms with Gasteiger partial charge in [0.15, 0.2) is 5.67 Å². The highest BCUT2D eigenvalue weighted by molar-refractivity contribution is 9.10. The van der Waals surface area contributed by atoms with Gasteiger partial charge in [0.1, 0.15) is 0 Å². The highest BCUT2D eigenvalue weighted by Crippen LogP contribution is 2.47. The Labute approximate surface area is 191 Å². The van der Waals surface area contributed by atoms with Crippen molar-refractivity contribution in [2.24, 2.45) is 5.41 Å². The van der Waals surface area contributed by atoms with Crippen LogP contribution in [0.2, 0.25) is 0 Å². The average molecular weight is 475 g/mol. The van der Waals surface area contributed by atoms with Gasteiger partial charge in [0.2, 0.25) is 0 Å². The Morgan fingerprint density at radius 1 is 0.645 bits per heavy atom. The van der Waals surface area contributed by atoms with Crippen molar-refractivity contribution in [1.82, 2.24) is 9.97 Å². The molecule has 0 radical (unpaired) electrons. The predicted molar refractivity (Wildman–Crippen MR) is 128 cm³/mol. The summed E-state index contributed by atoms with van der Waals surface area (Å²) < 4.78 is 18.1. The Morgan fingerprint density at radius 3 is 1.71 bits per heavy atom. The summed E-state index contributed by atoms with van der Waals surface area (Å²) in [5, 5.41) is 0. The van der Waals surface area contributed by atoms with Crippen LogP contribution in [0.1, 0.15) is 32.2 Å². The molecule has 0 aliphatic heterocycles. The van der Waals surface area contributed by atoms with Crippen molar-refractivity contribution in [2.45, 2.75) is 26.4 Å². The van der Waals surface area contributed by atoms with E-state index in [1.807, 2.05) is 99.6 Å². The molecule has 31 heavy (non-hydrogen) atoms. The molecule has 0 N–H and O–H groups in total. The smallest absolute Gasteiger partial charge is 0.199 e. The van der Waals surface area contributed by atoms with Crippen LogP contribution < -0.4 is 0 Å². The van der Waals surface area contributed by atoms with Gasteiger partial charge in [0.05, 0.1) is 22.8 Å². The van der Waals surface area contributed by atoms with Crippen LogP contribution in [0.15, 0.2) is 95.5 Å². The van der Waals surface area contributed by atoms with Gasteiger partial charge >= 0.3 is 0 Å². The number of alkyl halides is 1. The number of pyridine rings is 2. The van der Waals surface area contributed by atoms with Crippen LogP contribution in [0.3, 0.4) is 0 Å². The molecule has 0 bridgehead atoms. The Kier molecular flexibility index (Phi) is 5.76. The lowest BCUT2D eigenvalue weighted by atomic mass is 9.73. The molecule has 4 aromatic rings. The van der Waals surface area contributed by atoms with E-state index in [2.05, 4.69) is 15.9 Å². The van der Waals surface area contributed by atoms with Crippen molar-refractivity contribution in [1.29, 1.82) is 0 Å². The first-order valence-electron chi connectivity index (χ1n) is 10.2. The van der Waals surface area contributed by atoms with E-state index in [-0.39, 0.29) is 0 Å². The topological polar surface area (TPSA) is 25.8 Å². The molecule has 4 rings (SSSR count). The predicted octanol–water partition coefficient (Wildman–Crippen LogP) is 7.83. The van der Waals surface area contributed by atoms with E-state index in [0.29, 0.717) is 11.4 Å². The molecule has 1 unspecified atom stereocenters. The van der Waals surface area contributed by atoms with E-state index in [9.17, 15) is 0 Å². The van der Waals surface area contributed by atoms with Gasteiger partial charge in [-0.2, -0.15) is 0 Å². The van der Waals surface area contributed by atoms with Gasteiger partial charge in [-0.15, -0.1) is 0 Å². The maximum absolute atomic E-state index is 17.1. The van der Waals surface area contributed by atoms with Crippen molar-refractivity contribution in [3.63, 3.8) is 0 Å². The normalized spacial score (nSPS) is 13.6. The maximum Gasteiger partial charge on any atom is 0.199 e. The number of halogens is 2. The Hall–Kier alpha value is -2.85. The monoisotopic (exact) mass is 474 g/mol. The third-order valence-corrected chi connectivity index (χ3v) is 5.92. The summed E-state index contributed by atoms with van der Waals surface area (Å²) >= 11 is 3.50. The Bertz CT molecular complexity index is 1200. The fourth-order valence-electron chi connectivity index (χ4n) is 3.73. The number of aromatic nitrogens is 2. The van der Waals surface area contributed by atoms with Crippen molar-refractivity contribution >= 4 is 15.9 Å². The molecule has 156 valence electrons. The molecular formula is C27H24BrFN2. The highest BCUT2D eigenvalue weighted by Gasteiger charge is 2.48. The number of hydrogen-bond acceptors (Lipinski definition) is 2. The second-order valence-electron chi connectivity index (χ2n) is 8.60. The summed E-state index contributed by atoms with van der Waals surface area (Å²) in [5.74, 6) is 0. The average Bonchev–Trinajstić information content (AvgIpc) is 2.78.